The lowest BCUT2D eigenvalue weighted by Crippen LogP contribution is -2.44. The third-order valence-electron chi connectivity index (χ3n) is 7.26. The number of nitrogens with two attached hydrogens (primary N) is 1. The number of likely N-dealkylation sites (tertiary alicyclic amines) is 1. The number of halogens is 2. The fourth-order valence-electron chi connectivity index (χ4n) is 5.11. The van der Waals surface area contributed by atoms with Crippen molar-refractivity contribution in [3.05, 3.63) is 81.8 Å². The van der Waals surface area contributed by atoms with E-state index >= 15 is 0 Å². The van der Waals surface area contributed by atoms with Gasteiger partial charge in [0.05, 0.1) is 28.8 Å². The van der Waals surface area contributed by atoms with Crippen molar-refractivity contribution in [2.45, 2.75) is 18.9 Å². The zero-order chi connectivity index (χ0) is 28.2. The van der Waals surface area contributed by atoms with Crippen LogP contribution in [-0.4, -0.2) is 61.8 Å². The number of Topliss-reactive ketones (excluding diaryl/α,β-unsaturated/α-hetero) is 1. The molecule has 1 saturated heterocycles. The van der Waals surface area contributed by atoms with Crippen LogP contribution in [0.25, 0.3) is 11.1 Å². The maximum Gasteiger partial charge on any atom is 0.265 e. The van der Waals surface area contributed by atoms with Crippen molar-refractivity contribution in [2.75, 3.05) is 44.2 Å². The summed E-state index contributed by atoms with van der Waals surface area (Å²) >= 11 is 12.3. The number of hydrogen-bond acceptors (Lipinski definition) is 6. The number of primary amides is 1. The van der Waals surface area contributed by atoms with E-state index in [0.29, 0.717) is 22.0 Å². The van der Waals surface area contributed by atoms with Crippen LogP contribution in [0.15, 0.2) is 60.7 Å². The van der Waals surface area contributed by atoms with Crippen LogP contribution in [0.4, 0.5) is 5.69 Å². The number of fused-ring (bicyclic) bond motifs is 1. The topological polar surface area (TPSA) is 105 Å². The average Bonchev–Trinajstić information content (AvgIpc) is 3.47. The quantitative estimate of drug-likeness (QED) is 0.366. The molecule has 2 heterocycles. The summed E-state index contributed by atoms with van der Waals surface area (Å²) in [7, 11) is 0. The number of hydrogen-bond donors (Lipinski definition) is 2. The van der Waals surface area contributed by atoms with Gasteiger partial charge in [0.15, 0.2) is 12.4 Å². The summed E-state index contributed by atoms with van der Waals surface area (Å²) in [6.45, 7) is 2.61. The van der Waals surface area contributed by atoms with Crippen LogP contribution in [0.5, 0.6) is 5.75 Å². The number of amides is 2. The van der Waals surface area contributed by atoms with Crippen LogP contribution in [0, 0.1) is 0 Å². The molecule has 1 atom stereocenters. The van der Waals surface area contributed by atoms with Crippen molar-refractivity contribution >= 4 is 46.5 Å². The van der Waals surface area contributed by atoms with Gasteiger partial charge >= 0.3 is 0 Å². The molecule has 0 radical (unpaired) electrons. The van der Waals surface area contributed by atoms with Gasteiger partial charge in [-0.25, -0.2) is 0 Å². The number of ether oxygens (including phenoxy) is 1. The Hall–Kier alpha value is -3.43. The van der Waals surface area contributed by atoms with Gasteiger partial charge in [-0.05, 0) is 60.8 Å². The molecule has 3 aromatic carbocycles. The highest BCUT2D eigenvalue weighted by Gasteiger charge is 2.29. The lowest BCUT2D eigenvalue weighted by atomic mass is 9.99. The normalized spacial score (nSPS) is 15.9. The fraction of sp³-hybridized carbons (Fsp3) is 0.300. The zero-order valence-electron chi connectivity index (χ0n) is 21.9. The van der Waals surface area contributed by atoms with E-state index < -0.39 is 5.91 Å². The van der Waals surface area contributed by atoms with E-state index in [1.165, 1.54) is 4.90 Å². The Labute approximate surface area is 243 Å². The number of anilines is 1. The third kappa shape index (κ3) is 6.47. The van der Waals surface area contributed by atoms with Crippen LogP contribution in [0.3, 0.4) is 0 Å². The molecule has 2 amide bonds. The van der Waals surface area contributed by atoms with E-state index in [9.17, 15) is 14.4 Å². The van der Waals surface area contributed by atoms with Gasteiger partial charge in [-0.2, -0.15) is 0 Å². The minimum absolute atomic E-state index is 0.0855. The number of benzene rings is 3. The lowest BCUT2D eigenvalue weighted by molar-refractivity contribution is -0.124. The zero-order valence-corrected chi connectivity index (χ0v) is 23.4. The van der Waals surface area contributed by atoms with Crippen molar-refractivity contribution in [1.29, 1.82) is 0 Å². The Morgan fingerprint density at radius 3 is 2.42 bits per heavy atom. The van der Waals surface area contributed by atoms with Crippen molar-refractivity contribution in [3.8, 4) is 16.9 Å². The minimum Gasteiger partial charge on any atom is -0.482 e. The summed E-state index contributed by atoms with van der Waals surface area (Å²) in [4.78, 5) is 41.1. The van der Waals surface area contributed by atoms with Gasteiger partial charge < -0.3 is 20.7 Å². The molecule has 0 spiro atoms. The number of nitrogens with zero attached hydrogens (tertiary/aromatic N) is 2. The van der Waals surface area contributed by atoms with Crippen molar-refractivity contribution in [1.82, 2.24) is 10.2 Å². The second-order valence-electron chi connectivity index (χ2n) is 10.0. The SMILES string of the molecule is NC(=O)c1cccc(-c2ccc([C@H](CN3CCCC3)NCC(=O)CN3C(=O)COc4cc(Cl)c(Cl)cc43)cc2)c1. The molecule has 0 bridgehead atoms. The first-order valence-electron chi connectivity index (χ1n) is 13.2. The maximum atomic E-state index is 13.1. The number of nitrogens with one attached hydrogen (secondary N) is 1. The number of rotatable bonds is 10. The molecule has 3 aromatic rings. The fourth-order valence-corrected chi connectivity index (χ4v) is 5.42. The van der Waals surface area contributed by atoms with E-state index in [4.69, 9.17) is 33.7 Å². The van der Waals surface area contributed by atoms with Gasteiger partial charge in [-0.15, -0.1) is 0 Å². The van der Waals surface area contributed by atoms with Gasteiger partial charge in [0.1, 0.15) is 5.75 Å². The largest absolute Gasteiger partial charge is 0.482 e. The summed E-state index contributed by atoms with van der Waals surface area (Å²) < 4.78 is 5.48. The van der Waals surface area contributed by atoms with E-state index in [0.717, 1.165) is 49.2 Å². The maximum absolute atomic E-state index is 13.1. The van der Waals surface area contributed by atoms with Crippen LogP contribution in [0.1, 0.15) is 34.8 Å². The molecule has 0 aromatic heterocycles. The smallest absolute Gasteiger partial charge is 0.265 e. The molecule has 0 aliphatic carbocycles. The van der Waals surface area contributed by atoms with Gasteiger partial charge in [0, 0.05) is 24.2 Å². The Morgan fingerprint density at radius 2 is 1.70 bits per heavy atom. The molecule has 3 N–H and O–H groups in total. The summed E-state index contributed by atoms with van der Waals surface area (Å²) in [5, 5.41) is 4.03. The molecule has 10 heteroatoms. The van der Waals surface area contributed by atoms with Crippen LogP contribution < -0.4 is 20.7 Å². The van der Waals surface area contributed by atoms with Crippen LogP contribution in [0.2, 0.25) is 10.0 Å². The van der Waals surface area contributed by atoms with E-state index in [2.05, 4.69) is 10.2 Å². The molecule has 2 aliphatic heterocycles. The number of carbonyl (C=O) groups is 3. The van der Waals surface area contributed by atoms with Crippen molar-refractivity contribution in [3.63, 3.8) is 0 Å². The predicted octanol–water partition coefficient (Wildman–Crippen LogP) is 4.48. The summed E-state index contributed by atoms with van der Waals surface area (Å²) in [6.07, 6.45) is 2.32. The molecular weight excluding hydrogens is 551 g/mol. The average molecular weight is 582 g/mol. The number of ketones is 1. The first-order valence-corrected chi connectivity index (χ1v) is 13.9. The Morgan fingerprint density at radius 1 is 0.975 bits per heavy atom. The molecule has 2 aliphatic rings. The second-order valence-corrected chi connectivity index (χ2v) is 10.9. The molecule has 1 fully saturated rings. The first-order chi connectivity index (χ1) is 19.3. The van der Waals surface area contributed by atoms with E-state index in [1.54, 1.807) is 24.3 Å². The van der Waals surface area contributed by atoms with Gasteiger partial charge in [0.2, 0.25) is 5.91 Å². The molecular formula is C30H30Cl2N4O4. The molecule has 5 rings (SSSR count). The summed E-state index contributed by atoms with van der Waals surface area (Å²) in [5.41, 5.74) is 9.25. The van der Waals surface area contributed by atoms with E-state index in [1.807, 2.05) is 36.4 Å². The van der Waals surface area contributed by atoms with Gasteiger partial charge in [-0.3, -0.25) is 19.3 Å². The van der Waals surface area contributed by atoms with Gasteiger partial charge in [0.25, 0.3) is 5.91 Å². The van der Waals surface area contributed by atoms with Crippen LogP contribution >= 0.6 is 23.2 Å². The Kier molecular flexibility index (Phi) is 8.71. The Bertz CT molecular complexity index is 1420. The highest BCUT2D eigenvalue weighted by Crippen LogP contribution is 2.38. The van der Waals surface area contributed by atoms with Crippen molar-refractivity contribution < 1.29 is 19.1 Å². The summed E-state index contributed by atoms with van der Waals surface area (Å²) in [5.74, 6) is -0.502. The third-order valence-corrected chi connectivity index (χ3v) is 7.98. The minimum atomic E-state index is -0.466. The monoisotopic (exact) mass is 580 g/mol. The standard InChI is InChI=1S/C30H30Cl2N4O4/c31-24-13-27-28(14-25(24)32)40-18-29(38)36(27)16-23(37)15-34-26(17-35-10-1-2-11-35)20-8-6-19(7-9-20)21-4-3-5-22(12-21)30(33)39/h3-9,12-14,26,34H,1-2,10-11,15-18H2,(H2,33,39)/t26-/m0/s1. The second kappa shape index (κ2) is 12.4. The lowest BCUT2D eigenvalue weighted by Gasteiger charge is -2.30. The molecule has 40 heavy (non-hydrogen) atoms. The molecule has 208 valence electrons. The van der Waals surface area contributed by atoms with Crippen LogP contribution in [-0.2, 0) is 9.59 Å². The molecule has 0 unspecified atom stereocenters. The highest BCUT2D eigenvalue weighted by atomic mass is 35.5. The highest BCUT2D eigenvalue weighted by molar-refractivity contribution is 6.42. The predicted molar refractivity (Wildman–Crippen MR) is 156 cm³/mol. The van der Waals surface area contributed by atoms with E-state index in [-0.39, 0.29) is 42.5 Å². The molecule has 8 nitrogen and oxygen atoms in total. The van der Waals surface area contributed by atoms with Crippen molar-refractivity contribution in [2.24, 2.45) is 5.73 Å². The van der Waals surface area contributed by atoms with Gasteiger partial charge in [-0.1, -0.05) is 59.6 Å². The Balaban J connectivity index is 1.29. The number of carbonyl (C=O) groups excluding carboxylic acids is 3. The molecule has 0 saturated carbocycles. The summed E-state index contributed by atoms with van der Waals surface area (Å²) in [6, 6.07) is 18.3. The first kappa shape index (κ1) is 28.1.